The van der Waals surface area contributed by atoms with Crippen molar-refractivity contribution in [3.05, 3.63) is 29.8 Å². The van der Waals surface area contributed by atoms with Crippen molar-refractivity contribution in [2.75, 3.05) is 7.11 Å². The lowest BCUT2D eigenvalue weighted by Crippen LogP contribution is -2.60. The Kier molecular flexibility index (Phi) is 5.36. The second-order valence-corrected chi connectivity index (χ2v) is 4.51. The molecule has 0 saturated heterocycles. The van der Waals surface area contributed by atoms with Crippen molar-refractivity contribution in [2.24, 2.45) is 0 Å². The number of aliphatic carboxylic acids is 1. The van der Waals surface area contributed by atoms with Crippen LogP contribution in [0.15, 0.2) is 24.3 Å². The second kappa shape index (κ2) is 6.57. The Hall–Kier alpha value is -2.46. The lowest BCUT2D eigenvalue weighted by atomic mass is 9.97. The molecule has 134 valence electrons. The van der Waals surface area contributed by atoms with Crippen LogP contribution in [0.25, 0.3) is 0 Å². The number of carbonyl (C=O) groups is 2. The molecule has 0 fully saturated rings. The second-order valence-electron chi connectivity index (χ2n) is 4.51. The molecular weight excluding hydrogens is 350 g/mol. The Labute approximate surface area is 130 Å². The first-order chi connectivity index (χ1) is 10.8. The molecule has 0 bridgehead atoms. The molecule has 24 heavy (non-hydrogen) atoms. The summed E-state index contributed by atoms with van der Waals surface area (Å²) >= 11 is 0. The van der Waals surface area contributed by atoms with Gasteiger partial charge >= 0.3 is 29.9 Å². The molecule has 0 aliphatic carbocycles. The van der Waals surface area contributed by atoms with Crippen molar-refractivity contribution in [3.63, 3.8) is 0 Å². The third kappa shape index (κ3) is 3.89. The number of benzene rings is 1. The highest BCUT2D eigenvalue weighted by atomic mass is 19.4. The molecule has 1 aromatic carbocycles. The minimum atomic E-state index is -6.19. The van der Waals surface area contributed by atoms with Crippen molar-refractivity contribution < 1.29 is 50.5 Å². The molecular formula is C13H10F6O5. The fourth-order valence-corrected chi connectivity index (χ4v) is 1.67. The number of carboxylic acids is 1. The maximum absolute atomic E-state index is 12.9. The van der Waals surface area contributed by atoms with Gasteiger partial charge in [0.05, 0.1) is 12.7 Å². The van der Waals surface area contributed by atoms with Crippen LogP contribution in [0.4, 0.5) is 26.3 Å². The van der Waals surface area contributed by atoms with Crippen molar-refractivity contribution in [1.82, 2.24) is 0 Å². The number of alkyl halides is 6. The summed E-state index contributed by atoms with van der Waals surface area (Å²) in [5.41, 5.74) is -5.80. The summed E-state index contributed by atoms with van der Waals surface area (Å²) in [5.74, 6) is -4.23. The van der Waals surface area contributed by atoms with Gasteiger partial charge in [0.15, 0.2) is 0 Å². The van der Waals surface area contributed by atoms with Gasteiger partial charge in [0.2, 0.25) is 0 Å². The topological polar surface area (TPSA) is 72.8 Å². The van der Waals surface area contributed by atoms with Gasteiger partial charge in [0.1, 0.15) is 12.2 Å². The molecule has 1 N–H and O–H groups in total. The predicted octanol–water partition coefficient (Wildman–Crippen LogP) is 3.19. The number of carbonyl (C=O) groups excluding carboxylic acids is 1. The van der Waals surface area contributed by atoms with E-state index in [1.54, 1.807) is 0 Å². The van der Waals surface area contributed by atoms with Crippen LogP contribution in [0.2, 0.25) is 0 Å². The SMILES string of the molecule is COc1ccc(C(=O)OC(CC(=O)O)(C(F)(F)F)C(F)(F)F)cc1. The average molecular weight is 360 g/mol. The molecule has 0 atom stereocenters. The quantitative estimate of drug-likeness (QED) is 0.645. The van der Waals surface area contributed by atoms with Crippen LogP contribution in [0.1, 0.15) is 16.8 Å². The number of rotatable bonds is 5. The van der Waals surface area contributed by atoms with Crippen LogP contribution in [0.3, 0.4) is 0 Å². The van der Waals surface area contributed by atoms with E-state index in [4.69, 9.17) is 9.84 Å². The Morgan fingerprint density at radius 3 is 1.79 bits per heavy atom. The largest absolute Gasteiger partial charge is 0.497 e. The van der Waals surface area contributed by atoms with E-state index < -0.39 is 41.9 Å². The molecule has 1 aromatic rings. The minimum absolute atomic E-state index is 0.190. The number of methoxy groups -OCH3 is 1. The van der Waals surface area contributed by atoms with Crippen molar-refractivity contribution >= 4 is 11.9 Å². The van der Waals surface area contributed by atoms with Gasteiger partial charge in [-0.2, -0.15) is 26.3 Å². The minimum Gasteiger partial charge on any atom is -0.497 e. The van der Waals surface area contributed by atoms with Gasteiger partial charge in [-0.05, 0) is 24.3 Å². The van der Waals surface area contributed by atoms with Crippen LogP contribution < -0.4 is 4.74 Å². The molecule has 0 aromatic heterocycles. The molecule has 0 aliphatic rings. The van der Waals surface area contributed by atoms with E-state index in [1.807, 2.05) is 0 Å². The lowest BCUT2D eigenvalue weighted by molar-refractivity contribution is -0.365. The summed E-state index contributed by atoms with van der Waals surface area (Å²) in [6.45, 7) is 0. The fourth-order valence-electron chi connectivity index (χ4n) is 1.67. The standard InChI is InChI=1S/C13H10F6O5/c1-23-8-4-2-7(3-5-8)10(22)24-11(6-9(20)21,12(14,15)16)13(17,18)19/h2-5H,6H2,1H3,(H,20,21). The van der Waals surface area contributed by atoms with Gasteiger partial charge in [-0.25, -0.2) is 4.79 Å². The summed E-state index contributed by atoms with van der Waals surface area (Å²) < 4.78 is 86.0. The maximum atomic E-state index is 12.9. The zero-order chi connectivity index (χ0) is 18.8. The zero-order valence-corrected chi connectivity index (χ0v) is 11.9. The van der Waals surface area contributed by atoms with Crippen molar-refractivity contribution in [3.8, 4) is 5.75 Å². The van der Waals surface area contributed by atoms with E-state index in [0.717, 1.165) is 24.3 Å². The zero-order valence-electron chi connectivity index (χ0n) is 11.9. The Balaban J connectivity index is 3.29. The normalized spacial score (nSPS) is 12.6. The van der Waals surface area contributed by atoms with Crippen LogP contribution >= 0.6 is 0 Å². The van der Waals surface area contributed by atoms with Gasteiger partial charge in [-0.1, -0.05) is 0 Å². The van der Waals surface area contributed by atoms with Crippen molar-refractivity contribution in [2.45, 2.75) is 24.4 Å². The number of carboxylic acid groups (broad SMARTS) is 1. The highest BCUT2D eigenvalue weighted by Crippen LogP contribution is 2.48. The van der Waals surface area contributed by atoms with E-state index in [-0.39, 0.29) is 5.75 Å². The Morgan fingerprint density at radius 2 is 1.46 bits per heavy atom. The molecule has 0 saturated carbocycles. The molecule has 0 amide bonds. The predicted molar refractivity (Wildman–Crippen MR) is 65.5 cm³/mol. The first-order valence-corrected chi connectivity index (χ1v) is 6.06. The molecule has 5 nitrogen and oxygen atoms in total. The highest BCUT2D eigenvalue weighted by molar-refractivity contribution is 5.90. The summed E-state index contributed by atoms with van der Waals surface area (Å²) in [4.78, 5) is 22.2. The summed E-state index contributed by atoms with van der Waals surface area (Å²) in [5, 5.41) is 8.42. The van der Waals surface area contributed by atoms with Crippen LogP contribution in [0.5, 0.6) is 5.75 Å². The first kappa shape index (κ1) is 19.6. The summed E-state index contributed by atoms with van der Waals surface area (Å²) in [6.07, 6.45) is -14.9. The summed E-state index contributed by atoms with van der Waals surface area (Å²) in [6, 6.07) is 3.96. The smallest absolute Gasteiger partial charge is 0.438 e. The monoisotopic (exact) mass is 360 g/mol. The van der Waals surface area contributed by atoms with Crippen LogP contribution in [-0.2, 0) is 9.53 Å². The average Bonchev–Trinajstić information content (AvgIpc) is 2.43. The third-order valence-electron chi connectivity index (χ3n) is 2.91. The van der Waals surface area contributed by atoms with Gasteiger partial charge in [0.25, 0.3) is 0 Å². The summed E-state index contributed by atoms with van der Waals surface area (Å²) in [7, 11) is 1.25. The van der Waals surface area contributed by atoms with Crippen LogP contribution in [0, 0.1) is 0 Å². The molecule has 0 heterocycles. The maximum Gasteiger partial charge on any atom is 0.438 e. The molecule has 1 rings (SSSR count). The van der Waals surface area contributed by atoms with Gasteiger partial charge in [0, 0.05) is 0 Å². The molecule has 0 unspecified atom stereocenters. The fraction of sp³-hybridized carbons (Fsp3) is 0.385. The third-order valence-corrected chi connectivity index (χ3v) is 2.91. The number of esters is 1. The lowest BCUT2D eigenvalue weighted by Gasteiger charge is -2.35. The van der Waals surface area contributed by atoms with E-state index in [1.165, 1.54) is 7.11 Å². The van der Waals surface area contributed by atoms with E-state index in [2.05, 4.69) is 4.74 Å². The van der Waals surface area contributed by atoms with Crippen molar-refractivity contribution in [1.29, 1.82) is 0 Å². The van der Waals surface area contributed by atoms with Gasteiger partial charge < -0.3 is 14.6 Å². The van der Waals surface area contributed by atoms with Gasteiger partial charge in [-0.15, -0.1) is 0 Å². The number of hydrogen-bond donors (Lipinski definition) is 1. The van der Waals surface area contributed by atoms with E-state index in [0.29, 0.717) is 0 Å². The molecule has 0 radical (unpaired) electrons. The van der Waals surface area contributed by atoms with Gasteiger partial charge in [-0.3, -0.25) is 4.79 Å². The molecule has 0 spiro atoms. The molecule has 11 heteroatoms. The Morgan fingerprint density at radius 1 is 1.00 bits per heavy atom. The number of ether oxygens (including phenoxy) is 2. The van der Waals surface area contributed by atoms with Crippen LogP contribution in [-0.4, -0.2) is 42.1 Å². The number of halogens is 6. The van der Waals surface area contributed by atoms with E-state index in [9.17, 15) is 35.9 Å². The number of hydrogen-bond acceptors (Lipinski definition) is 4. The van der Waals surface area contributed by atoms with E-state index >= 15 is 0 Å². The Bertz CT molecular complexity index is 591. The first-order valence-electron chi connectivity index (χ1n) is 6.06. The molecule has 0 aliphatic heterocycles. The highest BCUT2D eigenvalue weighted by Gasteiger charge is 2.75.